The Bertz CT molecular complexity index is 1270. The number of carboxylic acid groups (broad SMARTS) is 1. The third-order valence-electron chi connectivity index (χ3n) is 5.31. The van der Waals surface area contributed by atoms with Crippen molar-refractivity contribution < 1.29 is 24.6 Å². The molecule has 1 atom stereocenters. The van der Waals surface area contributed by atoms with Gasteiger partial charge in [0.15, 0.2) is 5.75 Å². The third kappa shape index (κ3) is 4.62. The van der Waals surface area contributed by atoms with E-state index in [0.29, 0.717) is 0 Å². The Balaban J connectivity index is 1.93. The number of hydrogen-bond acceptors (Lipinski definition) is 7. The highest BCUT2D eigenvalue weighted by atomic mass is 79.9. The number of aryl methyl sites for hydroxylation is 1. The maximum absolute atomic E-state index is 13.2. The first kappa shape index (κ1) is 24.8. The number of nitrogens with zero attached hydrogens (tertiary/aromatic N) is 4. The van der Waals surface area contributed by atoms with E-state index in [9.17, 15) is 34.2 Å². The molecule has 1 aromatic heterocycles. The zero-order valence-electron chi connectivity index (χ0n) is 18.5. The van der Waals surface area contributed by atoms with Crippen LogP contribution in [0.3, 0.4) is 0 Å². The van der Waals surface area contributed by atoms with Gasteiger partial charge >= 0.3 is 12.0 Å². The fourth-order valence-electron chi connectivity index (χ4n) is 3.54. The smallest absolute Gasteiger partial charge is 0.328 e. The predicted molar refractivity (Wildman–Crippen MR) is 125 cm³/mol. The van der Waals surface area contributed by atoms with Gasteiger partial charge < -0.3 is 30.2 Å². The molecule has 0 spiro atoms. The van der Waals surface area contributed by atoms with Crippen LogP contribution in [0.15, 0.2) is 32.3 Å². The summed E-state index contributed by atoms with van der Waals surface area (Å²) in [7, 11) is 4.42. The molecule has 34 heavy (non-hydrogen) atoms. The van der Waals surface area contributed by atoms with Crippen LogP contribution in [0.4, 0.5) is 16.2 Å². The first-order chi connectivity index (χ1) is 15.9. The SMILES string of the molecule is CN(C)C(=O)N1CCN(C(=O)c2cccc(Nc3c(Br)c(=O)[nH]n(C)c3=O)c2O)C(C(=O)O)C1. The number of aliphatic carboxylic acids is 1. The van der Waals surface area contributed by atoms with Gasteiger partial charge in [0.05, 0.1) is 17.8 Å². The number of aromatic amines is 1. The Morgan fingerprint density at radius 1 is 1.21 bits per heavy atom. The Kier molecular flexibility index (Phi) is 7.00. The largest absolute Gasteiger partial charge is 0.505 e. The molecule has 3 amide bonds. The fourth-order valence-corrected chi connectivity index (χ4v) is 3.89. The summed E-state index contributed by atoms with van der Waals surface area (Å²) in [6, 6.07) is 2.43. The summed E-state index contributed by atoms with van der Waals surface area (Å²) < 4.78 is 0.854. The number of hydrogen-bond donors (Lipinski definition) is 4. The molecule has 2 aromatic rings. The lowest BCUT2D eigenvalue weighted by Gasteiger charge is -2.40. The van der Waals surface area contributed by atoms with Crippen molar-refractivity contribution in [2.45, 2.75) is 6.04 Å². The molecule has 182 valence electrons. The number of benzene rings is 1. The molecule has 0 bridgehead atoms. The van der Waals surface area contributed by atoms with Crippen LogP contribution in [0.5, 0.6) is 5.75 Å². The highest BCUT2D eigenvalue weighted by Gasteiger charge is 2.38. The number of phenols is 1. The zero-order chi connectivity index (χ0) is 25.3. The predicted octanol–water partition coefficient (Wildman–Crippen LogP) is 0.178. The first-order valence-electron chi connectivity index (χ1n) is 10.0. The molecular weight excluding hydrogens is 516 g/mol. The van der Waals surface area contributed by atoms with Crippen molar-refractivity contribution in [1.82, 2.24) is 24.5 Å². The van der Waals surface area contributed by atoms with Crippen LogP contribution in [-0.2, 0) is 11.8 Å². The summed E-state index contributed by atoms with van der Waals surface area (Å²) in [5.41, 5.74) is -1.60. The second-order valence-electron chi connectivity index (χ2n) is 7.80. The number of carbonyl (C=O) groups excluding carboxylic acids is 2. The highest BCUT2D eigenvalue weighted by Crippen LogP contribution is 2.32. The number of para-hydroxylation sites is 1. The molecule has 2 heterocycles. The number of carbonyl (C=O) groups is 3. The summed E-state index contributed by atoms with van der Waals surface area (Å²) in [5.74, 6) is -2.59. The molecule has 1 aromatic carbocycles. The molecule has 1 fully saturated rings. The minimum Gasteiger partial charge on any atom is -0.505 e. The van der Waals surface area contributed by atoms with Crippen LogP contribution in [0.2, 0.25) is 0 Å². The molecular formula is C20H23BrN6O7. The number of H-pyrrole nitrogens is 1. The van der Waals surface area contributed by atoms with E-state index in [4.69, 9.17) is 0 Å². The van der Waals surface area contributed by atoms with E-state index < -0.39 is 34.8 Å². The number of amides is 3. The van der Waals surface area contributed by atoms with Gasteiger partial charge in [-0.05, 0) is 28.1 Å². The number of nitrogens with one attached hydrogen (secondary N) is 2. The maximum Gasteiger partial charge on any atom is 0.328 e. The van der Waals surface area contributed by atoms with Crippen LogP contribution in [0.25, 0.3) is 0 Å². The maximum atomic E-state index is 13.2. The van der Waals surface area contributed by atoms with Crippen LogP contribution in [0, 0.1) is 0 Å². The first-order valence-corrected chi connectivity index (χ1v) is 10.8. The van der Waals surface area contributed by atoms with E-state index in [1.165, 1.54) is 35.0 Å². The molecule has 3 rings (SSSR count). The fraction of sp³-hybridized carbons (Fsp3) is 0.350. The molecule has 14 heteroatoms. The summed E-state index contributed by atoms with van der Waals surface area (Å²) in [5, 5.41) is 25.4. The van der Waals surface area contributed by atoms with Gasteiger partial charge in [-0.1, -0.05) is 6.07 Å². The average Bonchev–Trinajstić information content (AvgIpc) is 2.80. The van der Waals surface area contributed by atoms with Gasteiger partial charge in [0.25, 0.3) is 17.0 Å². The van der Waals surface area contributed by atoms with Crippen molar-refractivity contribution in [1.29, 1.82) is 0 Å². The summed E-state index contributed by atoms with van der Waals surface area (Å²) in [6.45, 7) is -0.166. The Morgan fingerprint density at radius 3 is 2.50 bits per heavy atom. The number of urea groups is 1. The molecule has 1 aliphatic heterocycles. The average molecular weight is 539 g/mol. The van der Waals surface area contributed by atoms with Gasteiger partial charge in [0, 0.05) is 34.2 Å². The summed E-state index contributed by atoms with van der Waals surface area (Å²) in [4.78, 5) is 65.5. The number of carboxylic acids is 1. The minimum atomic E-state index is -1.32. The van der Waals surface area contributed by atoms with Crippen LogP contribution >= 0.6 is 15.9 Å². The van der Waals surface area contributed by atoms with E-state index >= 15 is 0 Å². The minimum absolute atomic E-state index is 0.0393. The molecule has 0 saturated carbocycles. The number of rotatable bonds is 4. The van der Waals surface area contributed by atoms with Crippen molar-refractivity contribution in [3.05, 3.63) is 48.9 Å². The molecule has 1 saturated heterocycles. The van der Waals surface area contributed by atoms with E-state index in [1.807, 2.05) is 0 Å². The molecule has 1 aliphatic rings. The number of aromatic nitrogens is 2. The number of anilines is 2. The lowest BCUT2D eigenvalue weighted by atomic mass is 10.1. The van der Waals surface area contributed by atoms with Crippen LogP contribution in [-0.4, -0.2) is 92.4 Å². The molecule has 1 unspecified atom stereocenters. The van der Waals surface area contributed by atoms with Gasteiger partial charge in [0.1, 0.15) is 16.2 Å². The topological polar surface area (TPSA) is 168 Å². The van der Waals surface area contributed by atoms with Crippen molar-refractivity contribution in [2.24, 2.45) is 7.05 Å². The summed E-state index contributed by atoms with van der Waals surface area (Å²) >= 11 is 3.03. The Labute approximate surface area is 201 Å². The summed E-state index contributed by atoms with van der Waals surface area (Å²) in [6.07, 6.45) is 0. The number of halogens is 1. The van der Waals surface area contributed by atoms with Crippen molar-refractivity contribution in [2.75, 3.05) is 39.0 Å². The third-order valence-corrected chi connectivity index (χ3v) is 6.07. The second-order valence-corrected chi connectivity index (χ2v) is 8.59. The number of aromatic hydroxyl groups is 1. The van der Waals surface area contributed by atoms with E-state index in [2.05, 4.69) is 26.3 Å². The Hall–Kier alpha value is -3.81. The Morgan fingerprint density at radius 2 is 1.88 bits per heavy atom. The van der Waals surface area contributed by atoms with Gasteiger partial charge in [-0.15, -0.1) is 0 Å². The molecule has 13 nitrogen and oxygen atoms in total. The highest BCUT2D eigenvalue weighted by molar-refractivity contribution is 9.10. The monoisotopic (exact) mass is 538 g/mol. The van der Waals surface area contributed by atoms with E-state index in [0.717, 1.165) is 9.58 Å². The van der Waals surface area contributed by atoms with E-state index in [-0.39, 0.29) is 47.1 Å². The molecule has 4 N–H and O–H groups in total. The molecule has 0 radical (unpaired) electrons. The van der Waals surface area contributed by atoms with Gasteiger partial charge in [0.2, 0.25) is 0 Å². The van der Waals surface area contributed by atoms with Crippen LogP contribution < -0.4 is 16.4 Å². The normalized spacial score (nSPS) is 15.7. The standard InChI is InChI=1S/C20H23BrN6O7/c1-24(2)20(34)26-7-8-27(12(9-26)19(32)33)17(30)10-5-4-6-11(15(10)28)22-14-13(21)16(29)23-25(3)18(14)31/h4-6,12,22,28H,7-9H2,1-3H3,(H,23,29)(H,32,33). The van der Waals surface area contributed by atoms with Gasteiger partial charge in [-0.2, -0.15) is 0 Å². The van der Waals surface area contributed by atoms with E-state index in [1.54, 1.807) is 14.1 Å². The van der Waals surface area contributed by atoms with Crippen molar-refractivity contribution in [3.8, 4) is 5.75 Å². The number of phenolic OH excluding ortho intramolecular Hbond substituents is 1. The van der Waals surface area contributed by atoms with Crippen molar-refractivity contribution in [3.63, 3.8) is 0 Å². The quantitative estimate of drug-likeness (QED) is 0.399. The lowest BCUT2D eigenvalue weighted by Crippen LogP contribution is -2.60. The van der Waals surface area contributed by atoms with Gasteiger partial charge in [-0.3, -0.25) is 24.2 Å². The lowest BCUT2D eigenvalue weighted by molar-refractivity contribution is -0.144. The zero-order valence-corrected chi connectivity index (χ0v) is 20.1. The second kappa shape index (κ2) is 9.59. The van der Waals surface area contributed by atoms with Gasteiger partial charge in [-0.25, -0.2) is 9.59 Å². The van der Waals surface area contributed by atoms with Crippen molar-refractivity contribution >= 4 is 45.2 Å². The number of piperazine rings is 1. The van der Waals surface area contributed by atoms with Crippen LogP contribution in [0.1, 0.15) is 10.4 Å². The molecule has 0 aliphatic carbocycles.